The summed E-state index contributed by atoms with van der Waals surface area (Å²) in [4.78, 5) is 17.2. The maximum absolute atomic E-state index is 12.7. The lowest BCUT2D eigenvalue weighted by atomic mass is 9.88. The van der Waals surface area contributed by atoms with E-state index in [0.29, 0.717) is 0 Å². The molecule has 0 N–H and O–H groups in total. The monoisotopic (exact) mass is 342 g/mol. The highest BCUT2D eigenvalue weighted by molar-refractivity contribution is 6.12. The quantitative estimate of drug-likeness (QED) is 0.617. The molecule has 1 aliphatic heterocycles. The van der Waals surface area contributed by atoms with Crippen LogP contribution in [0.5, 0.6) is 0 Å². The van der Waals surface area contributed by atoms with Gasteiger partial charge in [-0.1, -0.05) is 36.9 Å². The topological polar surface area (TPSA) is 34.4 Å². The predicted molar refractivity (Wildman–Crippen MR) is 108 cm³/mol. The van der Waals surface area contributed by atoms with Gasteiger partial charge in [0, 0.05) is 41.0 Å². The van der Waals surface area contributed by atoms with Gasteiger partial charge in [-0.2, -0.15) is 0 Å². The van der Waals surface area contributed by atoms with E-state index in [1.165, 1.54) is 22.2 Å². The number of rotatable bonds is 4. The molecule has 0 spiro atoms. The Bertz CT molecular complexity index is 1060. The summed E-state index contributed by atoms with van der Waals surface area (Å²) >= 11 is 0. The van der Waals surface area contributed by atoms with Crippen LogP contribution in [0, 0.1) is 12.8 Å². The van der Waals surface area contributed by atoms with Gasteiger partial charge in [-0.15, -0.1) is 0 Å². The summed E-state index contributed by atoms with van der Waals surface area (Å²) in [6, 6.07) is 16.0. The number of fused-ring (bicyclic) bond motifs is 2. The molecule has 0 amide bonds. The first-order chi connectivity index (χ1) is 12.6. The van der Waals surface area contributed by atoms with Gasteiger partial charge in [-0.3, -0.25) is 9.79 Å². The molecule has 2 aromatic carbocycles. The Morgan fingerprint density at radius 2 is 1.88 bits per heavy atom. The van der Waals surface area contributed by atoms with Crippen molar-refractivity contribution in [1.82, 2.24) is 4.57 Å². The fourth-order valence-corrected chi connectivity index (χ4v) is 3.86. The zero-order valence-corrected chi connectivity index (χ0v) is 15.2. The highest BCUT2D eigenvalue weighted by Crippen LogP contribution is 2.34. The molecular formula is C23H22N2O. The standard InChI is InChI=1S/C23H22N2O/c1-15(22-16(2)25(3)21-11-7-5-9-19(21)22)12-13-17-14-24-20-10-6-4-8-18(20)23(17)26/h4-11,14,17H,1,12-13H2,2-3H3. The number of aryl methyl sites for hydroxylation is 1. The smallest absolute Gasteiger partial charge is 0.173 e. The van der Waals surface area contributed by atoms with Crippen LogP contribution >= 0.6 is 0 Å². The predicted octanol–water partition coefficient (Wildman–Crippen LogP) is 5.50. The van der Waals surface area contributed by atoms with Crippen molar-refractivity contribution in [2.24, 2.45) is 18.0 Å². The van der Waals surface area contributed by atoms with E-state index in [1.807, 2.05) is 24.3 Å². The van der Waals surface area contributed by atoms with Crippen LogP contribution in [-0.2, 0) is 7.05 Å². The average Bonchev–Trinajstić information content (AvgIpc) is 2.92. The summed E-state index contributed by atoms with van der Waals surface area (Å²) in [6.45, 7) is 6.46. The van der Waals surface area contributed by atoms with E-state index in [0.717, 1.165) is 29.7 Å². The summed E-state index contributed by atoms with van der Waals surface area (Å²) in [5.74, 6) is -0.00465. The Labute approximate surface area is 153 Å². The first-order valence-electron chi connectivity index (χ1n) is 8.97. The van der Waals surface area contributed by atoms with Crippen molar-refractivity contribution in [3.05, 3.63) is 71.9 Å². The Balaban J connectivity index is 1.56. The van der Waals surface area contributed by atoms with Crippen LogP contribution in [0.2, 0.25) is 0 Å². The minimum atomic E-state index is -0.170. The lowest BCUT2D eigenvalue weighted by Gasteiger charge is -2.18. The van der Waals surface area contributed by atoms with Gasteiger partial charge in [0.05, 0.1) is 11.6 Å². The third-order valence-electron chi connectivity index (χ3n) is 5.41. The van der Waals surface area contributed by atoms with E-state index >= 15 is 0 Å². The summed E-state index contributed by atoms with van der Waals surface area (Å²) in [6.07, 6.45) is 3.31. The second kappa shape index (κ2) is 6.41. The van der Waals surface area contributed by atoms with Crippen LogP contribution in [0.1, 0.15) is 34.5 Å². The molecule has 0 radical (unpaired) electrons. The van der Waals surface area contributed by atoms with Gasteiger partial charge in [-0.25, -0.2) is 0 Å². The van der Waals surface area contributed by atoms with Crippen LogP contribution < -0.4 is 0 Å². The highest BCUT2D eigenvalue weighted by atomic mass is 16.1. The van der Waals surface area contributed by atoms with Gasteiger partial charge < -0.3 is 4.57 Å². The fourth-order valence-electron chi connectivity index (χ4n) is 3.86. The number of hydrogen-bond donors (Lipinski definition) is 0. The Hall–Kier alpha value is -2.94. The summed E-state index contributed by atoms with van der Waals surface area (Å²) in [7, 11) is 2.09. The average molecular weight is 342 g/mol. The number of Topliss-reactive ketones (excluding diaryl/α,β-unsaturated/α-hetero) is 1. The molecule has 0 aliphatic carbocycles. The lowest BCUT2D eigenvalue weighted by Crippen LogP contribution is -2.19. The van der Waals surface area contributed by atoms with Crippen molar-refractivity contribution < 1.29 is 4.79 Å². The van der Waals surface area contributed by atoms with Crippen LogP contribution in [0.4, 0.5) is 5.69 Å². The van der Waals surface area contributed by atoms with E-state index in [9.17, 15) is 4.79 Å². The lowest BCUT2D eigenvalue weighted by molar-refractivity contribution is 0.0951. The summed E-state index contributed by atoms with van der Waals surface area (Å²) in [5, 5.41) is 1.23. The van der Waals surface area contributed by atoms with E-state index in [4.69, 9.17) is 0 Å². The molecule has 0 saturated heterocycles. The van der Waals surface area contributed by atoms with Gasteiger partial charge in [-0.05, 0) is 43.5 Å². The second-order valence-electron chi connectivity index (χ2n) is 6.94. The summed E-state index contributed by atoms with van der Waals surface area (Å²) in [5.41, 5.74) is 6.23. The third-order valence-corrected chi connectivity index (χ3v) is 5.41. The second-order valence-corrected chi connectivity index (χ2v) is 6.94. The molecule has 3 heteroatoms. The normalized spacial score (nSPS) is 16.1. The number of para-hydroxylation sites is 2. The number of nitrogens with zero attached hydrogens (tertiary/aromatic N) is 2. The number of aromatic nitrogens is 1. The number of carbonyl (C=O) groups excluding carboxylic acids is 1. The van der Waals surface area contributed by atoms with Gasteiger partial charge in [0.15, 0.2) is 5.78 Å². The van der Waals surface area contributed by atoms with E-state index in [2.05, 4.69) is 54.4 Å². The molecule has 0 saturated carbocycles. The van der Waals surface area contributed by atoms with E-state index in [1.54, 1.807) is 6.21 Å². The Kier molecular flexibility index (Phi) is 4.08. The van der Waals surface area contributed by atoms with Gasteiger partial charge >= 0.3 is 0 Å². The van der Waals surface area contributed by atoms with E-state index in [-0.39, 0.29) is 11.7 Å². The number of hydrogen-bond acceptors (Lipinski definition) is 2. The van der Waals surface area contributed by atoms with Crippen molar-refractivity contribution in [3.8, 4) is 0 Å². The molecule has 0 fully saturated rings. The Morgan fingerprint density at radius 1 is 1.15 bits per heavy atom. The third kappa shape index (κ3) is 2.60. The molecule has 1 aromatic heterocycles. The molecule has 1 unspecified atom stereocenters. The maximum Gasteiger partial charge on any atom is 0.173 e. The van der Waals surface area contributed by atoms with Crippen molar-refractivity contribution in [1.29, 1.82) is 0 Å². The van der Waals surface area contributed by atoms with Crippen LogP contribution in [-0.4, -0.2) is 16.6 Å². The first-order valence-corrected chi connectivity index (χ1v) is 8.97. The zero-order chi connectivity index (χ0) is 18.3. The molecule has 1 atom stereocenters. The van der Waals surface area contributed by atoms with E-state index < -0.39 is 0 Å². The minimum absolute atomic E-state index is 0.165. The molecule has 4 rings (SSSR count). The number of allylic oxidation sites excluding steroid dienone is 1. The molecular weight excluding hydrogens is 320 g/mol. The van der Waals surface area contributed by atoms with Crippen molar-refractivity contribution >= 4 is 34.2 Å². The highest BCUT2D eigenvalue weighted by Gasteiger charge is 2.25. The molecule has 3 aromatic rings. The van der Waals surface area contributed by atoms with Gasteiger partial charge in [0.2, 0.25) is 0 Å². The van der Waals surface area contributed by atoms with Gasteiger partial charge in [0.25, 0.3) is 0 Å². The number of aliphatic imine (C=N–C) groups is 1. The van der Waals surface area contributed by atoms with Gasteiger partial charge in [0.1, 0.15) is 0 Å². The maximum atomic E-state index is 12.7. The van der Waals surface area contributed by atoms with Crippen molar-refractivity contribution in [2.45, 2.75) is 19.8 Å². The molecule has 26 heavy (non-hydrogen) atoms. The van der Waals surface area contributed by atoms with Crippen LogP contribution in [0.3, 0.4) is 0 Å². The largest absolute Gasteiger partial charge is 0.347 e. The summed E-state index contributed by atoms with van der Waals surface area (Å²) < 4.78 is 2.21. The molecule has 130 valence electrons. The zero-order valence-electron chi connectivity index (χ0n) is 15.2. The molecule has 3 nitrogen and oxygen atoms in total. The molecule has 1 aliphatic rings. The Morgan fingerprint density at radius 3 is 2.73 bits per heavy atom. The first kappa shape index (κ1) is 16.5. The SMILES string of the molecule is C=C(CCC1C=Nc2ccccc2C1=O)c1c(C)n(C)c2ccccc12. The van der Waals surface area contributed by atoms with Crippen LogP contribution in [0.15, 0.2) is 60.1 Å². The van der Waals surface area contributed by atoms with Crippen molar-refractivity contribution in [2.75, 3.05) is 0 Å². The number of carbonyl (C=O) groups is 1. The van der Waals surface area contributed by atoms with Crippen molar-refractivity contribution in [3.63, 3.8) is 0 Å². The fraction of sp³-hybridized carbons (Fsp3) is 0.217. The minimum Gasteiger partial charge on any atom is -0.347 e. The molecule has 2 heterocycles. The van der Waals surface area contributed by atoms with Crippen LogP contribution in [0.25, 0.3) is 16.5 Å². The molecule has 0 bridgehead atoms. The number of ketones is 1. The number of benzene rings is 2.